The van der Waals surface area contributed by atoms with Crippen molar-refractivity contribution in [1.82, 2.24) is 15.0 Å². The van der Waals surface area contributed by atoms with Crippen LogP contribution in [0.15, 0.2) is 18.3 Å². The first-order valence-corrected chi connectivity index (χ1v) is 6.85. The second-order valence-electron chi connectivity index (χ2n) is 4.79. The fourth-order valence-electron chi connectivity index (χ4n) is 2.67. The van der Waals surface area contributed by atoms with Crippen LogP contribution in [0.1, 0.15) is 30.2 Å². The molecule has 0 fully saturated rings. The van der Waals surface area contributed by atoms with Crippen molar-refractivity contribution in [2.24, 2.45) is 0 Å². The lowest BCUT2D eigenvalue weighted by Crippen LogP contribution is -2.05. The Balaban J connectivity index is 2.15. The predicted octanol–water partition coefficient (Wildman–Crippen LogP) is 2.63. The van der Waals surface area contributed by atoms with Crippen molar-refractivity contribution in [3.05, 3.63) is 35.2 Å². The second-order valence-corrected chi connectivity index (χ2v) is 4.79. The summed E-state index contributed by atoms with van der Waals surface area (Å²) in [5.41, 5.74) is 4.57. The first-order valence-electron chi connectivity index (χ1n) is 6.85. The zero-order valence-electron chi connectivity index (χ0n) is 11.4. The number of fused-ring (bicyclic) bond motifs is 1. The Morgan fingerprint density at radius 3 is 2.95 bits per heavy atom. The lowest BCUT2D eigenvalue weighted by Gasteiger charge is -2.11. The molecule has 0 atom stereocenters. The summed E-state index contributed by atoms with van der Waals surface area (Å²) >= 11 is 0. The van der Waals surface area contributed by atoms with E-state index in [9.17, 15) is 0 Å². The molecule has 0 saturated heterocycles. The van der Waals surface area contributed by atoms with Gasteiger partial charge in [0.25, 0.3) is 0 Å². The van der Waals surface area contributed by atoms with Crippen LogP contribution in [0.3, 0.4) is 0 Å². The van der Waals surface area contributed by atoms with Crippen LogP contribution >= 0.6 is 0 Å². The third kappa shape index (κ3) is 2.07. The zero-order valence-corrected chi connectivity index (χ0v) is 11.4. The highest BCUT2D eigenvalue weighted by Crippen LogP contribution is 2.29. The van der Waals surface area contributed by atoms with Crippen molar-refractivity contribution in [3.63, 3.8) is 0 Å². The van der Waals surface area contributed by atoms with Crippen LogP contribution in [0.25, 0.3) is 11.5 Å². The average Bonchev–Trinajstić information content (AvgIpc) is 2.94. The third-order valence-corrected chi connectivity index (χ3v) is 3.65. The van der Waals surface area contributed by atoms with Gasteiger partial charge >= 0.3 is 0 Å². The maximum absolute atomic E-state index is 4.73. The molecule has 0 radical (unpaired) electrons. The summed E-state index contributed by atoms with van der Waals surface area (Å²) < 4.78 is 0. The van der Waals surface area contributed by atoms with Gasteiger partial charge in [-0.1, -0.05) is 13.0 Å². The Kier molecular flexibility index (Phi) is 3.15. The smallest absolute Gasteiger partial charge is 0.180 e. The van der Waals surface area contributed by atoms with Gasteiger partial charge in [0, 0.05) is 24.5 Å². The molecule has 0 saturated carbocycles. The number of nitrogens with one attached hydrogen (secondary N) is 1. The van der Waals surface area contributed by atoms with E-state index in [1.54, 1.807) is 0 Å². The van der Waals surface area contributed by atoms with Gasteiger partial charge < -0.3 is 5.32 Å². The van der Waals surface area contributed by atoms with Gasteiger partial charge in [0.2, 0.25) is 0 Å². The number of hydrogen-bond donors (Lipinski definition) is 1. The number of aromatic nitrogens is 3. The van der Waals surface area contributed by atoms with Crippen LogP contribution in [0, 0.1) is 0 Å². The summed E-state index contributed by atoms with van der Waals surface area (Å²) in [6, 6.07) is 4.06. The summed E-state index contributed by atoms with van der Waals surface area (Å²) in [6.07, 6.45) is 6.05. The van der Waals surface area contributed by atoms with E-state index in [1.165, 1.54) is 23.2 Å². The minimum Gasteiger partial charge on any atom is -0.373 e. The van der Waals surface area contributed by atoms with Gasteiger partial charge in [0.1, 0.15) is 11.5 Å². The van der Waals surface area contributed by atoms with Crippen molar-refractivity contribution in [2.75, 3.05) is 12.4 Å². The summed E-state index contributed by atoms with van der Waals surface area (Å²) in [4.78, 5) is 13.9. The van der Waals surface area contributed by atoms with Gasteiger partial charge in [-0.2, -0.15) is 0 Å². The van der Waals surface area contributed by atoms with Crippen LogP contribution in [0.5, 0.6) is 0 Å². The van der Waals surface area contributed by atoms with Crippen LogP contribution < -0.4 is 5.32 Å². The Hall–Kier alpha value is -1.97. The molecule has 0 aromatic carbocycles. The third-order valence-electron chi connectivity index (χ3n) is 3.65. The summed E-state index contributed by atoms with van der Waals surface area (Å²) in [5.74, 6) is 1.72. The van der Waals surface area contributed by atoms with E-state index in [2.05, 4.69) is 28.3 Å². The van der Waals surface area contributed by atoms with Crippen molar-refractivity contribution >= 4 is 5.82 Å². The van der Waals surface area contributed by atoms with E-state index >= 15 is 0 Å². The number of pyridine rings is 1. The summed E-state index contributed by atoms with van der Waals surface area (Å²) in [5, 5.41) is 3.20. The van der Waals surface area contributed by atoms with Gasteiger partial charge in [-0.15, -0.1) is 0 Å². The Morgan fingerprint density at radius 1 is 1.26 bits per heavy atom. The number of anilines is 1. The van der Waals surface area contributed by atoms with Gasteiger partial charge in [0.05, 0.1) is 0 Å². The quantitative estimate of drug-likeness (QED) is 0.914. The average molecular weight is 254 g/mol. The molecule has 0 unspecified atom stereocenters. The standard InChI is InChI=1S/C15H18N4/c1-3-10-6-5-9-17-13(10)15-18-12-8-4-7-11(12)14(16-2)19-15/h5-6,9H,3-4,7-8H2,1-2H3,(H,16,18,19). The van der Waals surface area contributed by atoms with E-state index in [-0.39, 0.29) is 0 Å². The Morgan fingerprint density at radius 2 is 2.16 bits per heavy atom. The molecule has 0 spiro atoms. The molecule has 0 amide bonds. The molecule has 98 valence electrons. The van der Waals surface area contributed by atoms with Crippen LogP contribution in [-0.2, 0) is 19.3 Å². The highest BCUT2D eigenvalue weighted by atomic mass is 15.0. The molecule has 19 heavy (non-hydrogen) atoms. The van der Waals surface area contributed by atoms with Crippen molar-refractivity contribution in [2.45, 2.75) is 32.6 Å². The van der Waals surface area contributed by atoms with Crippen LogP contribution in [0.4, 0.5) is 5.82 Å². The fourth-order valence-corrected chi connectivity index (χ4v) is 2.67. The number of rotatable bonds is 3. The molecule has 3 rings (SSSR count). The Labute approximate surface area is 113 Å². The molecule has 1 aliphatic carbocycles. The summed E-state index contributed by atoms with van der Waals surface area (Å²) in [7, 11) is 1.92. The normalized spacial score (nSPS) is 13.4. The minimum atomic E-state index is 0.752. The van der Waals surface area contributed by atoms with Gasteiger partial charge in [-0.05, 0) is 37.3 Å². The highest BCUT2D eigenvalue weighted by Gasteiger charge is 2.20. The molecular weight excluding hydrogens is 236 g/mol. The Bertz CT molecular complexity index is 607. The largest absolute Gasteiger partial charge is 0.373 e. The van der Waals surface area contributed by atoms with Crippen molar-refractivity contribution < 1.29 is 0 Å². The van der Waals surface area contributed by atoms with E-state index in [0.717, 1.165) is 36.6 Å². The van der Waals surface area contributed by atoms with Gasteiger partial charge in [-0.3, -0.25) is 4.98 Å². The number of nitrogens with zero attached hydrogens (tertiary/aromatic N) is 3. The molecule has 4 nitrogen and oxygen atoms in total. The molecule has 2 heterocycles. The predicted molar refractivity (Wildman–Crippen MR) is 76.2 cm³/mol. The first kappa shape index (κ1) is 12.1. The van der Waals surface area contributed by atoms with E-state index < -0.39 is 0 Å². The zero-order chi connectivity index (χ0) is 13.2. The lowest BCUT2D eigenvalue weighted by atomic mass is 10.1. The molecule has 0 bridgehead atoms. The monoisotopic (exact) mass is 254 g/mol. The maximum atomic E-state index is 4.73. The second kappa shape index (κ2) is 4.96. The van der Waals surface area contributed by atoms with Gasteiger partial charge in [0.15, 0.2) is 5.82 Å². The number of hydrogen-bond acceptors (Lipinski definition) is 4. The molecule has 2 aromatic heterocycles. The molecular formula is C15H18N4. The topological polar surface area (TPSA) is 50.7 Å². The van der Waals surface area contributed by atoms with E-state index in [1.807, 2.05) is 19.3 Å². The first-order chi connectivity index (χ1) is 9.33. The SMILES string of the molecule is CCc1cccnc1-c1nc2c(c(NC)n1)CCC2. The summed E-state index contributed by atoms with van der Waals surface area (Å²) in [6.45, 7) is 2.13. The molecule has 4 heteroatoms. The van der Waals surface area contributed by atoms with Gasteiger partial charge in [-0.25, -0.2) is 9.97 Å². The molecule has 1 N–H and O–H groups in total. The van der Waals surface area contributed by atoms with E-state index in [4.69, 9.17) is 4.98 Å². The van der Waals surface area contributed by atoms with E-state index in [0.29, 0.717) is 0 Å². The molecule has 2 aromatic rings. The lowest BCUT2D eigenvalue weighted by molar-refractivity contribution is 0.899. The highest BCUT2D eigenvalue weighted by molar-refractivity contribution is 5.60. The van der Waals surface area contributed by atoms with Crippen LogP contribution in [0.2, 0.25) is 0 Å². The fraction of sp³-hybridized carbons (Fsp3) is 0.400. The van der Waals surface area contributed by atoms with Crippen LogP contribution in [-0.4, -0.2) is 22.0 Å². The number of aryl methyl sites for hydroxylation is 2. The minimum absolute atomic E-state index is 0.752. The van der Waals surface area contributed by atoms with Crippen molar-refractivity contribution in [1.29, 1.82) is 0 Å². The maximum Gasteiger partial charge on any atom is 0.180 e. The van der Waals surface area contributed by atoms with Crippen molar-refractivity contribution in [3.8, 4) is 11.5 Å². The molecule has 0 aliphatic heterocycles. The molecule has 1 aliphatic rings.